The number of benzene rings is 1. The van der Waals surface area contributed by atoms with Gasteiger partial charge in [-0.05, 0) is 17.4 Å². The van der Waals surface area contributed by atoms with Gasteiger partial charge in [-0.3, -0.25) is 0 Å². The smallest absolute Gasteiger partial charge is 0.317 e. The first-order chi connectivity index (χ1) is 8.99. The first-order valence-corrected chi connectivity index (χ1v) is 6.81. The molecule has 2 amide bonds. The molecule has 4 nitrogen and oxygen atoms in total. The van der Waals surface area contributed by atoms with Gasteiger partial charge in [0.05, 0.1) is 0 Å². The summed E-state index contributed by atoms with van der Waals surface area (Å²) in [6, 6.07) is 10.1. The number of nitrogens with zero attached hydrogens (tertiary/aromatic N) is 1. The molecule has 4 heteroatoms. The number of nitrogens with one attached hydrogen (secondary N) is 1. The van der Waals surface area contributed by atoms with Crippen LogP contribution in [0.4, 0.5) is 4.79 Å². The summed E-state index contributed by atoms with van der Waals surface area (Å²) in [5.41, 5.74) is 7.18. The monoisotopic (exact) mass is 261 g/mol. The molecule has 1 aromatic carbocycles. The molecule has 1 unspecified atom stereocenters. The van der Waals surface area contributed by atoms with Crippen molar-refractivity contribution in [1.82, 2.24) is 10.2 Å². The highest BCUT2D eigenvalue weighted by atomic mass is 16.2. The van der Waals surface area contributed by atoms with Crippen LogP contribution in [0.2, 0.25) is 0 Å². The molecule has 0 radical (unpaired) electrons. The lowest BCUT2D eigenvalue weighted by Gasteiger charge is -2.42. The van der Waals surface area contributed by atoms with E-state index in [2.05, 4.69) is 19.2 Å². The molecule has 1 heterocycles. The second-order valence-electron chi connectivity index (χ2n) is 5.95. The largest absolute Gasteiger partial charge is 0.334 e. The highest BCUT2D eigenvalue weighted by Gasteiger charge is 2.35. The van der Waals surface area contributed by atoms with Crippen LogP contribution in [0.3, 0.4) is 0 Å². The molecule has 1 aromatic rings. The zero-order valence-corrected chi connectivity index (χ0v) is 11.7. The van der Waals surface area contributed by atoms with Crippen LogP contribution < -0.4 is 11.1 Å². The maximum atomic E-state index is 12.1. The summed E-state index contributed by atoms with van der Waals surface area (Å²) in [5.74, 6) is 0. The molecule has 1 atom stereocenters. The highest BCUT2D eigenvalue weighted by molar-refractivity contribution is 5.74. The Morgan fingerprint density at radius 2 is 2.11 bits per heavy atom. The van der Waals surface area contributed by atoms with Gasteiger partial charge in [0.1, 0.15) is 0 Å². The van der Waals surface area contributed by atoms with Crippen molar-refractivity contribution in [2.75, 3.05) is 13.1 Å². The van der Waals surface area contributed by atoms with E-state index in [1.807, 2.05) is 35.2 Å². The van der Waals surface area contributed by atoms with E-state index in [-0.39, 0.29) is 17.5 Å². The lowest BCUT2D eigenvalue weighted by Crippen LogP contribution is -2.55. The summed E-state index contributed by atoms with van der Waals surface area (Å²) >= 11 is 0. The topological polar surface area (TPSA) is 58.4 Å². The van der Waals surface area contributed by atoms with Crippen molar-refractivity contribution in [3.8, 4) is 0 Å². The molecule has 104 valence electrons. The minimum atomic E-state index is -0.0116. The average molecular weight is 261 g/mol. The number of carbonyl (C=O) groups is 1. The van der Waals surface area contributed by atoms with E-state index in [0.29, 0.717) is 6.54 Å². The summed E-state index contributed by atoms with van der Waals surface area (Å²) in [4.78, 5) is 14.0. The number of carbonyl (C=O) groups excluding carboxylic acids is 1. The normalized spacial score (nSPS) is 22.1. The van der Waals surface area contributed by atoms with Crippen LogP contribution in [0.1, 0.15) is 25.8 Å². The van der Waals surface area contributed by atoms with E-state index in [1.54, 1.807) is 0 Å². The van der Waals surface area contributed by atoms with Crippen LogP contribution in [0.25, 0.3) is 0 Å². The Morgan fingerprint density at radius 3 is 2.74 bits per heavy atom. The SMILES string of the molecule is CC1(C)CN(C(=O)NCc2ccccc2)CCC1N. The molecule has 1 aliphatic heterocycles. The molecule has 19 heavy (non-hydrogen) atoms. The standard InChI is InChI=1S/C15H23N3O/c1-15(2)11-18(9-8-13(15)16)14(19)17-10-12-6-4-3-5-7-12/h3-7,13H,8-11,16H2,1-2H3,(H,17,19). The number of rotatable bonds is 2. The van der Waals surface area contributed by atoms with Gasteiger partial charge in [0.25, 0.3) is 0 Å². The zero-order chi connectivity index (χ0) is 13.9. The molecule has 1 fully saturated rings. The van der Waals surface area contributed by atoms with Crippen molar-refractivity contribution < 1.29 is 4.79 Å². The maximum Gasteiger partial charge on any atom is 0.317 e. The van der Waals surface area contributed by atoms with Crippen molar-refractivity contribution in [3.05, 3.63) is 35.9 Å². The summed E-state index contributed by atoms with van der Waals surface area (Å²) in [5, 5.41) is 2.97. The fraction of sp³-hybridized carbons (Fsp3) is 0.533. The number of urea groups is 1. The van der Waals surface area contributed by atoms with Crippen LogP contribution >= 0.6 is 0 Å². The fourth-order valence-electron chi connectivity index (χ4n) is 2.43. The van der Waals surface area contributed by atoms with Crippen LogP contribution in [0.15, 0.2) is 30.3 Å². The van der Waals surface area contributed by atoms with Gasteiger partial charge in [0.15, 0.2) is 0 Å². The van der Waals surface area contributed by atoms with Crippen LogP contribution in [0.5, 0.6) is 0 Å². The molecule has 1 saturated heterocycles. The lowest BCUT2D eigenvalue weighted by molar-refractivity contribution is 0.111. The highest BCUT2D eigenvalue weighted by Crippen LogP contribution is 2.27. The van der Waals surface area contributed by atoms with Gasteiger partial charge in [0, 0.05) is 25.7 Å². The molecule has 3 N–H and O–H groups in total. The molecule has 1 aliphatic rings. The summed E-state index contributed by atoms with van der Waals surface area (Å²) in [7, 11) is 0. The third-order valence-corrected chi connectivity index (χ3v) is 3.89. The van der Waals surface area contributed by atoms with Gasteiger partial charge in [-0.25, -0.2) is 4.79 Å². The first-order valence-electron chi connectivity index (χ1n) is 6.81. The fourth-order valence-corrected chi connectivity index (χ4v) is 2.43. The van der Waals surface area contributed by atoms with E-state index in [0.717, 1.165) is 25.1 Å². The molecule has 0 bridgehead atoms. The van der Waals surface area contributed by atoms with E-state index >= 15 is 0 Å². The number of amides is 2. The number of piperidine rings is 1. The Morgan fingerprint density at radius 1 is 1.42 bits per heavy atom. The minimum absolute atomic E-state index is 0.00354. The number of likely N-dealkylation sites (tertiary alicyclic amines) is 1. The Balaban J connectivity index is 1.87. The Hall–Kier alpha value is -1.55. The molecule has 0 aromatic heterocycles. The van der Waals surface area contributed by atoms with E-state index in [9.17, 15) is 4.79 Å². The second kappa shape index (κ2) is 5.61. The van der Waals surface area contributed by atoms with E-state index in [4.69, 9.17) is 5.73 Å². The van der Waals surface area contributed by atoms with E-state index < -0.39 is 0 Å². The van der Waals surface area contributed by atoms with Crippen molar-refractivity contribution in [2.45, 2.75) is 32.9 Å². The van der Waals surface area contributed by atoms with Gasteiger partial charge >= 0.3 is 6.03 Å². The number of hydrogen-bond acceptors (Lipinski definition) is 2. The van der Waals surface area contributed by atoms with Crippen LogP contribution in [-0.2, 0) is 6.54 Å². The average Bonchev–Trinajstić information content (AvgIpc) is 2.40. The molecule has 0 aliphatic carbocycles. The Bertz CT molecular complexity index is 430. The molecular weight excluding hydrogens is 238 g/mol. The van der Waals surface area contributed by atoms with Gasteiger partial charge < -0.3 is 16.0 Å². The van der Waals surface area contributed by atoms with Crippen molar-refractivity contribution in [2.24, 2.45) is 11.1 Å². The number of hydrogen-bond donors (Lipinski definition) is 2. The van der Waals surface area contributed by atoms with Gasteiger partial charge in [-0.15, -0.1) is 0 Å². The molecule has 0 saturated carbocycles. The molecule has 2 rings (SSSR count). The minimum Gasteiger partial charge on any atom is -0.334 e. The van der Waals surface area contributed by atoms with Gasteiger partial charge in [-0.2, -0.15) is 0 Å². The van der Waals surface area contributed by atoms with Gasteiger partial charge in [0.2, 0.25) is 0 Å². The Kier molecular flexibility index (Phi) is 4.10. The first kappa shape index (κ1) is 13.9. The summed E-state index contributed by atoms with van der Waals surface area (Å²) in [6.45, 7) is 6.27. The van der Waals surface area contributed by atoms with Crippen molar-refractivity contribution in [1.29, 1.82) is 0 Å². The van der Waals surface area contributed by atoms with Gasteiger partial charge in [-0.1, -0.05) is 44.2 Å². The second-order valence-corrected chi connectivity index (χ2v) is 5.95. The number of nitrogens with two attached hydrogens (primary N) is 1. The molecular formula is C15H23N3O. The van der Waals surface area contributed by atoms with Crippen LogP contribution in [-0.4, -0.2) is 30.1 Å². The van der Waals surface area contributed by atoms with E-state index in [1.165, 1.54) is 0 Å². The zero-order valence-electron chi connectivity index (χ0n) is 11.7. The summed E-state index contributed by atoms with van der Waals surface area (Å²) < 4.78 is 0. The van der Waals surface area contributed by atoms with Crippen LogP contribution in [0, 0.1) is 5.41 Å². The summed E-state index contributed by atoms with van der Waals surface area (Å²) in [6.07, 6.45) is 0.867. The van der Waals surface area contributed by atoms with Crippen molar-refractivity contribution in [3.63, 3.8) is 0 Å². The quantitative estimate of drug-likeness (QED) is 0.855. The lowest BCUT2D eigenvalue weighted by atomic mass is 9.80. The van der Waals surface area contributed by atoms with Crippen molar-refractivity contribution >= 4 is 6.03 Å². The third kappa shape index (κ3) is 3.47. The maximum absolute atomic E-state index is 12.1. The molecule has 0 spiro atoms. The Labute approximate surface area is 115 Å². The third-order valence-electron chi connectivity index (χ3n) is 3.89. The predicted molar refractivity (Wildman–Crippen MR) is 76.6 cm³/mol. The predicted octanol–water partition coefficient (Wildman–Crippen LogP) is 1.96.